The number of halogens is 5. The van der Waals surface area contributed by atoms with E-state index >= 15 is 4.39 Å². The van der Waals surface area contributed by atoms with Gasteiger partial charge in [0.1, 0.15) is 22.9 Å². The van der Waals surface area contributed by atoms with Gasteiger partial charge in [0.2, 0.25) is 5.91 Å². The van der Waals surface area contributed by atoms with Crippen molar-refractivity contribution in [3.05, 3.63) is 75.0 Å². The zero-order chi connectivity index (χ0) is 27.9. The van der Waals surface area contributed by atoms with E-state index in [4.69, 9.17) is 0 Å². The van der Waals surface area contributed by atoms with Gasteiger partial charge in [0.05, 0.1) is 6.54 Å². The maximum atomic E-state index is 15.4. The van der Waals surface area contributed by atoms with Crippen LogP contribution < -0.4 is 5.32 Å². The molecule has 2 aliphatic rings. The molecule has 0 aliphatic carbocycles. The molecular weight excluding hydrogens is 537 g/mol. The standard InChI is InChI=1S/C27H24F5N5OS/c1-2-37-13-21(26(35-37)27(30,31)32)25-18(4-3-5-22(25)29)20-12-36(14-23-19(20)9-17(10-33)39-23)24(38)7-6-16-8-15(28)11-34-16/h3-7,9,13,15-16,20,34H,2,8,11-12,14H2,1H3/b7-6+/t15-,16-,20+/m1/s1. The van der Waals surface area contributed by atoms with Gasteiger partial charge in [-0.3, -0.25) is 9.48 Å². The van der Waals surface area contributed by atoms with Gasteiger partial charge < -0.3 is 10.2 Å². The molecule has 6 nitrogen and oxygen atoms in total. The molecular formula is C27H24F5N5OS. The minimum atomic E-state index is -4.82. The zero-order valence-corrected chi connectivity index (χ0v) is 21.6. The molecule has 2 aromatic heterocycles. The van der Waals surface area contributed by atoms with Crippen LogP contribution in [0.15, 0.2) is 42.6 Å². The number of carbonyl (C=O) groups is 1. The maximum Gasteiger partial charge on any atom is 0.435 e. The van der Waals surface area contributed by atoms with Gasteiger partial charge in [-0.15, -0.1) is 11.3 Å². The van der Waals surface area contributed by atoms with Gasteiger partial charge in [0.15, 0.2) is 5.69 Å². The van der Waals surface area contributed by atoms with Gasteiger partial charge >= 0.3 is 6.18 Å². The van der Waals surface area contributed by atoms with E-state index in [1.807, 2.05) is 0 Å². The van der Waals surface area contributed by atoms with Crippen molar-refractivity contribution in [2.24, 2.45) is 0 Å². The summed E-state index contributed by atoms with van der Waals surface area (Å²) in [5, 5.41) is 16.1. The smallest absolute Gasteiger partial charge is 0.333 e. The quantitative estimate of drug-likeness (QED) is 0.335. The molecule has 5 rings (SSSR count). The van der Waals surface area contributed by atoms with Gasteiger partial charge in [0, 0.05) is 59.9 Å². The van der Waals surface area contributed by atoms with E-state index in [2.05, 4.69) is 16.5 Å². The monoisotopic (exact) mass is 561 g/mol. The summed E-state index contributed by atoms with van der Waals surface area (Å²) >= 11 is 1.19. The number of alkyl halides is 4. The summed E-state index contributed by atoms with van der Waals surface area (Å²) < 4.78 is 71.9. The lowest BCUT2D eigenvalue weighted by atomic mass is 9.83. The maximum absolute atomic E-state index is 15.4. The van der Waals surface area contributed by atoms with Crippen LogP contribution in [0.5, 0.6) is 0 Å². The van der Waals surface area contributed by atoms with Crippen molar-refractivity contribution in [1.82, 2.24) is 20.0 Å². The number of benzene rings is 1. The number of nitrogens with one attached hydrogen (secondary N) is 1. The summed E-state index contributed by atoms with van der Waals surface area (Å²) in [7, 11) is 0. The first-order valence-electron chi connectivity index (χ1n) is 12.4. The molecule has 12 heteroatoms. The summed E-state index contributed by atoms with van der Waals surface area (Å²) in [6, 6.07) is 7.52. The molecule has 0 unspecified atom stereocenters. The molecule has 3 aromatic rings. The first-order chi connectivity index (χ1) is 18.6. The SMILES string of the molecule is CCn1cc(-c2c(F)cccc2[C@@H]2CN(C(=O)/C=C/[C@@H]3C[C@@H](F)CN3)Cc3sc(C#N)cc32)c(C(F)(F)F)n1. The number of rotatable bonds is 5. The highest BCUT2D eigenvalue weighted by atomic mass is 32.1. The van der Waals surface area contributed by atoms with Crippen molar-refractivity contribution in [1.29, 1.82) is 5.26 Å². The number of aromatic nitrogens is 2. The van der Waals surface area contributed by atoms with Crippen molar-refractivity contribution >= 4 is 17.2 Å². The lowest BCUT2D eigenvalue weighted by Crippen LogP contribution is -2.37. The summed E-state index contributed by atoms with van der Waals surface area (Å²) in [4.78, 5) is 15.8. The van der Waals surface area contributed by atoms with Crippen LogP contribution in [0.1, 0.15) is 45.8 Å². The van der Waals surface area contributed by atoms with Crippen molar-refractivity contribution in [2.45, 2.75) is 50.7 Å². The molecule has 0 saturated carbocycles. The van der Waals surface area contributed by atoms with E-state index < -0.39 is 29.8 Å². The molecule has 2 aliphatic heterocycles. The second-order valence-electron chi connectivity index (χ2n) is 9.53. The van der Waals surface area contributed by atoms with Crippen LogP contribution in [-0.4, -0.2) is 45.9 Å². The van der Waals surface area contributed by atoms with E-state index in [1.165, 1.54) is 34.6 Å². The third-order valence-electron chi connectivity index (χ3n) is 7.00. The van der Waals surface area contributed by atoms with Gasteiger partial charge in [0.25, 0.3) is 0 Å². The molecule has 1 fully saturated rings. The number of fused-ring (bicyclic) bond motifs is 1. The first-order valence-corrected chi connectivity index (χ1v) is 13.2. The predicted octanol–water partition coefficient (Wildman–Crippen LogP) is 5.39. The van der Waals surface area contributed by atoms with Crippen LogP contribution in [0.3, 0.4) is 0 Å². The molecule has 0 radical (unpaired) electrons. The summed E-state index contributed by atoms with van der Waals surface area (Å²) in [5.41, 5.74) is -0.879. The number of hydrogen-bond acceptors (Lipinski definition) is 5. The van der Waals surface area contributed by atoms with Gasteiger partial charge in [-0.2, -0.15) is 23.5 Å². The first kappa shape index (κ1) is 27.0. The fourth-order valence-corrected chi connectivity index (χ4v) is 6.21. The van der Waals surface area contributed by atoms with E-state index in [1.54, 1.807) is 25.1 Å². The van der Waals surface area contributed by atoms with Gasteiger partial charge in [-0.05, 0) is 36.6 Å². The van der Waals surface area contributed by atoms with Crippen molar-refractivity contribution < 1.29 is 26.7 Å². The minimum absolute atomic E-state index is 0.0569. The average Bonchev–Trinajstić information content (AvgIpc) is 3.63. The average molecular weight is 562 g/mol. The number of amides is 1. The van der Waals surface area contributed by atoms with E-state index in [0.717, 1.165) is 10.7 Å². The zero-order valence-electron chi connectivity index (χ0n) is 20.8. The van der Waals surface area contributed by atoms with Crippen LogP contribution in [0.25, 0.3) is 11.1 Å². The Kier molecular flexibility index (Phi) is 7.31. The van der Waals surface area contributed by atoms with Crippen LogP contribution in [0.4, 0.5) is 22.0 Å². The number of carbonyl (C=O) groups excluding carboxylic acids is 1. The molecule has 1 aromatic carbocycles. The Morgan fingerprint density at radius 2 is 2.13 bits per heavy atom. The lowest BCUT2D eigenvalue weighted by molar-refractivity contribution is -0.141. The Labute approximate surface area is 225 Å². The fraction of sp³-hybridized carbons (Fsp3) is 0.370. The molecule has 1 N–H and O–H groups in total. The van der Waals surface area contributed by atoms with Crippen LogP contribution >= 0.6 is 11.3 Å². The Hall–Kier alpha value is -3.56. The molecule has 0 bridgehead atoms. The van der Waals surface area contributed by atoms with Gasteiger partial charge in [-0.25, -0.2) is 8.78 Å². The van der Waals surface area contributed by atoms with Crippen LogP contribution in [0, 0.1) is 17.1 Å². The van der Waals surface area contributed by atoms with Crippen molar-refractivity contribution in [3.8, 4) is 17.2 Å². The van der Waals surface area contributed by atoms with Gasteiger partial charge in [-0.1, -0.05) is 18.2 Å². The number of aryl methyl sites for hydroxylation is 1. The molecule has 39 heavy (non-hydrogen) atoms. The van der Waals surface area contributed by atoms with Crippen molar-refractivity contribution in [3.63, 3.8) is 0 Å². The second-order valence-corrected chi connectivity index (χ2v) is 10.7. The Balaban J connectivity index is 1.58. The Morgan fingerprint density at radius 1 is 1.33 bits per heavy atom. The van der Waals surface area contributed by atoms with E-state index in [0.29, 0.717) is 15.3 Å². The molecule has 1 amide bonds. The lowest BCUT2D eigenvalue weighted by Gasteiger charge is -2.33. The number of thiophene rings is 1. The fourth-order valence-electron chi connectivity index (χ4n) is 5.17. The third kappa shape index (κ3) is 5.33. The number of hydrogen-bond donors (Lipinski definition) is 1. The van der Waals surface area contributed by atoms with Crippen molar-refractivity contribution in [2.75, 3.05) is 13.1 Å². The Morgan fingerprint density at radius 3 is 2.79 bits per heavy atom. The third-order valence-corrected chi connectivity index (χ3v) is 8.04. The molecule has 4 heterocycles. The van der Waals surface area contributed by atoms with Crippen LogP contribution in [-0.2, 0) is 24.1 Å². The topological polar surface area (TPSA) is 74.0 Å². The minimum Gasteiger partial charge on any atom is -0.333 e. The molecule has 1 saturated heterocycles. The molecule has 3 atom stereocenters. The number of nitriles is 1. The van der Waals surface area contributed by atoms with E-state index in [9.17, 15) is 27.6 Å². The number of nitrogens with zero attached hydrogens (tertiary/aromatic N) is 4. The highest BCUT2D eigenvalue weighted by Crippen LogP contribution is 2.45. The predicted molar refractivity (Wildman–Crippen MR) is 135 cm³/mol. The highest BCUT2D eigenvalue weighted by Gasteiger charge is 2.40. The molecule has 204 valence electrons. The molecule has 0 spiro atoms. The Bertz CT molecular complexity index is 1470. The second kappa shape index (κ2) is 10.5. The largest absolute Gasteiger partial charge is 0.435 e. The van der Waals surface area contributed by atoms with E-state index in [-0.39, 0.29) is 61.2 Å². The summed E-state index contributed by atoms with van der Waals surface area (Å²) in [6.45, 7) is 2.25. The highest BCUT2D eigenvalue weighted by molar-refractivity contribution is 7.12. The normalized spacial score (nSPS) is 21.4. The summed E-state index contributed by atoms with van der Waals surface area (Å²) in [6.07, 6.45) is -1.41. The summed E-state index contributed by atoms with van der Waals surface area (Å²) in [5.74, 6) is -1.90. The van der Waals surface area contributed by atoms with Crippen LogP contribution in [0.2, 0.25) is 0 Å².